The van der Waals surface area contributed by atoms with Crippen LogP contribution in [0.2, 0.25) is 0 Å². The fourth-order valence-corrected chi connectivity index (χ4v) is 2.16. The number of carbonyl (C=O) groups excluding carboxylic acids is 4. The zero-order valence-corrected chi connectivity index (χ0v) is 13.9. The molecule has 1 aliphatic rings. The molecule has 0 spiro atoms. The Morgan fingerprint density at radius 3 is 2.22 bits per heavy atom. The zero-order valence-electron chi connectivity index (χ0n) is 13.9. The van der Waals surface area contributed by atoms with Crippen LogP contribution in [0.1, 0.15) is 40.0 Å². The number of hydrogen-bond donors (Lipinski definition) is 2. The van der Waals surface area contributed by atoms with E-state index >= 15 is 0 Å². The van der Waals surface area contributed by atoms with Gasteiger partial charge in [-0.25, -0.2) is 0 Å². The molecule has 0 aromatic rings. The van der Waals surface area contributed by atoms with Crippen LogP contribution in [0.4, 0.5) is 0 Å². The lowest BCUT2D eigenvalue weighted by molar-refractivity contribution is -0.145. The van der Waals surface area contributed by atoms with Crippen LogP contribution in [0, 0.1) is 5.41 Å². The van der Waals surface area contributed by atoms with Crippen molar-refractivity contribution in [3.05, 3.63) is 12.2 Å². The SMILES string of the molecule is CC(C)(C)C(=O)CCCCNC(=O)C(CN)N1C(=O)C=CC1=O. The van der Waals surface area contributed by atoms with Crippen molar-refractivity contribution < 1.29 is 19.2 Å². The van der Waals surface area contributed by atoms with E-state index < -0.39 is 23.8 Å². The summed E-state index contributed by atoms with van der Waals surface area (Å²) in [5, 5.41) is 2.66. The highest BCUT2D eigenvalue weighted by Crippen LogP contribution is 2.18. The number of nitrogens with zero attached hydrogens (tertiary/aromatic N) is 1. The second-order valence-electron chi connectivity index (χ2n) is 6.55. The van der Waals surface area contributed by atoms with E-state index in [9.17, 15) is 19.2 Å². The van der Waals surface area contributed by atoms with Gasteiger partial charge in [-0.3, -0.25) is 24.1 Å². The van der Waals surface area contributed by atoms with E-state index in [1.54, 1.807) is 0 Å². The summed E-state index contributed by atoms with van der Waals surface area (Å²) in [6.07, 6.45) is 4.03. The van der Waals surface area contributed by atoms with Crippen molar-refractivity contribution in [2.75, 3.05) is 13.1 Å². The third-order valence-electron chi connectivity index (χ3n) is 3.65. The van der Waals surface area contributed by atoms with Gasteiger partial charge in [0.15, 0.2) is 0 Å². The van der Waals surface area contributed by atoms with E-state index in [0.717, 1.165) is 17.1 Å². The van der Waals surface area contributed by atoms with Gasteiger partial charge in [0.25, 0.3) is 11.8 Å². The smallest absolute Gasteiger partial charge is 0.254 e. The molecule has 1 heterocycles. The highest BCUT2D eigenvalue weighted by Gasteiger charge is 2.34. The molecule has 0 aromatic carbocycles. The van der Waals surface area contributed by atoms with Crippen LogP contribution >= 0.6 is 0 Å². The standard InChI is InChI=1S/C16H25N3O4/c1-16(2,3)12(20)6-4-5-9-18-15(23)11(10-17)19-13(21)7-8-14(19)22/h7-8,11H,4-6,9-10,17H2,1-3H3,(H,18,23). The molecule has 7 heteroatoms. The van der Waals surface area contributed by atoms with E-state index in [1.165, 1.54) is 0 Å². The lowest BCUT2D eigenvalue weighted by atomic mass is 9.88. The first-order valence-electron chi connectivity index (χ1n) is 7.74. The van der Waals surface area contributed by atoms with Gasteiger partial charge in [-0.15, -0.1) is 0 Å². The van der Waals surface area contributed by atoms with Crippen LogP contribution in [-0.2, 0) is 19.2 Å². The first-order chi connectivity index (χ1) is 10.7. The maximum Gasteiger partial charge on any atom is 0.254 e. The second-order valence-corrected chi connectivity index (χ2v) is 6.55. The molecule has 7 nitrogen and oxygen atoms in total. The first-order valence-corrected chi connectivity index (χ1v) is 7.74. The lowest BCUT2D eigenvalue weighted by Gasteiger charge is -2.23. The average molecular weight is 323 g/mol. The number of hydrogen-bond acceptors (Lipinski definition) is 5. The summed E-state index contributed by atoms with van der Waals surface area (Å²) in [7, 11) is 0. The molecule has 3 N–H and O–H groups in total. The molecule has 23 heavy (non-hydrogen) atoms. The Morgan fingerprint density at radius 2 is 1.74 bits per heavy atom. The molecule has 0 aromatic heterocycles. The van der Waals surface area contributed by atoms with Crippen LogP contribution in [0.3, 0.4) is 0 Å². The van der Waals surface area contributed by atoms with Crippen LogP contribution in [0.5, 0.6) is 0 Å². The van der Waals surface area contributed by atoms with Gasteiger partial charge < -0.3 is 11.1 Å². The van der Waals surface area contributed by atoms with E-state index in [4.69, 9.17) is 5.73 Å². The van der Waals surface area contributed by atoms with Crippen LogP contribution in [-0.4, -0.2) is 47.5 Å². The molecule has 0 saturated heterocycles. The van der Waals surface area contributed by atoms with Gasteiger partial charge >= 0.3 is 0 Å². The number of nitrogens with two attached hydrogens (primary N) is 1. The molecule has 1 unspecified atom stereocenters. The Kier molecular flexibility index (Phi) is 6.62. The quantitative estimate of drug-likeness (QED) is 0.488. The predicted molar refractivity (Wildman–Crippen MR) is 85.2 cm³/mol. The van der Waals surface area contributed by atoms with E-state index in [-0.39, 0.29) is 17.7 Å². The monoisotopic (exact) mass is 323 g/mol. The number of carbonyl (C=O) groups is 4. The first kappa shape index (κ1) is 19.0. The average Bonchev–Trinajstić information content (AvgIpc) is 2.78. The van der Waals surface area contributed by atoms with Gasteiger partial charge in [0.2, 0.25) is 5.91 Å². The summed E-state index contributed by atoms with van der Waals surface area (Å²) in [4.78, 5) is 47.9. The maximum absolute atomic E-state index is 12.1. The van der Waals surface area contributed by atoms with Crippen LogP contribution < -0.4 is 11.1 Å². The predicted octanol–water partition coefficient (Wildman–Crippen LogP) is 0.140. The summed E-state index contributed by atoms with van der Waals surface area (Å²) < 4.78 is 0. The summed E-state index contributed by atoms with van der Waals surface area (Å²) in [5.74, 6) is -1.34. The Balaban J connectivity index is 2.37. The van der Waals surface area contributed by atoms with Crippen LogP contribution in [0.25, 0.3) is 0 Å². The second kappa shape index (κ2) is 8.01. The van der Waals surface area contributed by atoms with Crippen molar-refractivity contribution in [2.45, 2.75) is 46.1 Å². The molecular weight excluding hydrogens is 298 g/mol. The van der Waals surface area contributed by atoms with Gasteiger partial charge in [-0.1, -0.05) is 20.8 Å². The summed E-state index contributed by atoms with van der Waals surface area (Å²) in [6.45, 7) is 5.87. The minimum Gasteiger partial charge on any atom is -0.354 e. The molecule has 1 rings (SSSR count). The van der Waals surface area contributed by atoms with E-state index in [2.05, 4.69) is 5.32 Å². The van der Waals surface area contributed by atoms with Crippen molar-refractivity contribution in [2.24, 2.45) is 11.1 Å². The number of nitrogens with one attached hydrogen (secondary N) is 1. The number of ketones is 1. The number of Topliss-reactive ketones (excluding diaryl/α,β-unsaturated/α-hetero) is 1. The van der Waals surface area contributed by atoms with Crippen LogP contribution in [0.15, 0.2) is 12.2 Å². The van der Waals surface area contributed by atoms with E-state index in [1.807, 2.05) is 20.8 Å². The molecular formula is C16H25N3O4. The molecule has 0 fully saturated rings. The molecule has 0 radical (unpaired) electrons. The third kappa shape index (κ3) is 5.28. The van der Waals surface area contributed by atoms with Gasteiger partial charge in [-0.05, 0) is 12.8 Å². The largest absolute Gasteiger partial charge is 0.354 e. The molecule has 0 saturated carbocycles. The molecule has 128 valence electrons. The maximum atomic E-state index is 12.1. The van der Waals surface area contributed by atoms with Crippen molar-refractivity contribution in [1.82, 2.24) is 10.2 Å². The van der Waals surface area contributed by atoms with Crippen molar-refractivity contribution >= 4 is 23.5 Å². The normalized spacial score (nSPS) is 15.9. The topological polar surface area (TPSA) is 110 Å². The molecule has 1 aliphatic heterocycles. The number of imide groups is 1. The Bertz CT molecular complexity index is 502. The Hall–Kier alpha value is -2.02. The molecule has 0 aliphatic carbocycles. The van der Waals surface area contributed by atoms with Gasteiger partial charge in [0.1, 0.15) is 11.8 Å². The van der Waals surface area contributed by atoms with Crippen molar-refractivity contribution in [3.63, 3.8) is 0 Å². The fourth-order valence-electron chi connectivity index (χ4n) is 2.16. The summed E-state index contributed by atoms with van der Waals surface area (Å²) >= 11 is 0. The lowest BCUT2D eigenvalue weighted by Crippen LogP contribution is -2.53. The van der Waals surface area contributed by atoms with E-state index in [0.29, 0.717) is 25.8 Å². The zero-order chi connectivity index (χ0) is 17.6. The molecule has 0 bridgehead atoms. The van der Waals surface area contributed by atoms with Gasteiger partial charge in [0, 0.05) is 37.1 Å². The van der Waals surface area contributed by atoms with Gasteiger partial charge in [-0.2, -0.15) is 0 Å². The summed E-state index contributed by atoms with van der Waals surface area (Å²) in [6, 6.07) is -0.999. The van der Waals surface area contributed by atoms with Crippen molar-refractivity contribution in [1.29, 1.82) is 0 Å². The third-order valence-corrected chi connectivity index (χ3v) is 3.65. The summed E-state index contributed by atoms with van der Waals surface area (Å²) in [5.41, 5.74) is 5.17. The molecule has 1 atom stereocenters. The number of amides is 3. The minimum atomic E-state index is -0.999. The fraction of sp³-hybridized carbons (Fsp3) is 0.625. The Morgan fingerprint density at radius 1 is 1.17 bits per heavy atom. The number of unbranched alkanes of at least 4 members (excludes halogenated alkanes) is 1. The highest BCUT2D eigenvalue weighted by atomic mass is 16.2. The molecule has 3 amide bonds. The minimum absolute atomic E-state index is 0.131. The van der Waals surface area contributed by atoms with Gasteiger partial charge in [0.05, 0.1) is 0 Å². The van der Waals surface area contributed by atoms with Crippen molar-refractivity contribution in [3.8, 4) is 0 Å². The Labute approximate surface area is 136 Å². The number of rotatable bonds is 8. The highest BCUT2D eigenvalue weighted by molar-refractivity contribution is 6.15.